The summed E-state index contributed by atoms with van der Waals surface area (Å²) in [6.45, 7) is 3.40. The van der Waals surface area contributed by atoms with Gasteiger partial charge in [-0.05, 0) is 47.3 Å². The first kappa shape index (κ1) is 15.5. The second-order valence-electron chi connectivity index (χ2n) is 5.82. The van der Waals surface area contributed by atoms with E-state index in [1.807, 2.05) is 24.9 Å². The zero-order chi connectivity index (χ0) is 15.0. The number of halogens is 1. The lowest BCUT2D eigenvalue weighted by Crippen LogP contribution is -2.44. The van der Waals surface area contributed by atoms with Gasteiger partial charge in [-0.2, -0.15) is 0 Å². The molecule has 0 aromatic carbocycles. The molecular formula is C15H20BrNO3S. The van der Waals surface area contributed by atoms with Crippen LogP contribution >= 0.6 is 27.3 Å². The van der Waals surface area contributed by atoms with Crippen LogP contribution in [0.3, 0.4) is 0 Å². The van der Waals surface area contributed by atoms with E-state index in [0.29, 0.717) is 13.2 Å². The lowest BCUT2D eigenvalue weighted by molar-refractivity contribution is -0.182. The standard InChI is InChI=1S/C15H20BrNO3S/c1-10-9-12(21-13(10)16)14(18)17(2)11-3-5-15(6-4-11)19-7-8-20-15/h9,11H,3-8H2,1-2H3. The average Bonchev–Trinajstić information content (AvgIpc) is 3.06. The van der Waals surface area contributed by atoms with E-state index in [2.05, 4.69) is 15.9 Å². The fourth-order valence-corrected chi connectivity index (χ4v) is 4.64. The molecule has 2 fully saturated rings. The summed E-state index contributed by atoms with van der Waals surface area (Å²) in [5.41, 5.74) is 1.12. The van der Waals surface area contributed by atoms with Crippen LogP contribution in [0.1, 0.15) is 40.9 Å². The minimum absolute atomic E-state index is 0.114. The average molecular weight is 374 g/mol. The zero-order valence-corrected chi connectivity index (χ0v) is 14.8. The van der Waals surface area contributed by atoms with Crippen LogP contribution < -0.4 is 0 Å². The van der Waals surface area contributed by atoms with E-state index in [4.69, 9.17) is 9.47 Å². The molecule has 21 heavy (non-hydrogen) atoms. The van der Waals surface area contributed by atoms with Gasteiger partial charge < -0.3 is 14.4 Å². The highest BCUT2D eigenvalue weighted by Gasteiger charge is 2.41. The van der Waals surface area contributed by atoms with Crippen molar-refractivity contribution >= 4 is 33.2 Å². The number of amides is 1. The van der Waals surface area contributed by atoms with Gasteiger partial charge >= 0.3 is 0 Å². The Labute approximate surface area is 137 Å². The number of rotatable bonds is 2. The van der Waals surface area contributed by atoms with Crippen molar-refractivity contribution in [3.8, 4) is 0 Å². The Balaban J connectivity index is 1.63. The fourth-order valence-electron chi connectivity index (χ4n) is 3.12. The molecule has 1 aromatic heterocycles. The normalized spacial score (nSPS) is 21.9. The second kappa shape index (κ2) is 5.99. The summed E-state index contributed by atoms with van der Waals surface area (Å²) in [6, 6.07) is 2.23. The zero-order valence-electron chi connectivity index (χ0n) is 12.4. The number of aryl methyl sites for hydroxylation is 1. The van der Waals surface area contributed by atoms with Crippen molar-refractivity contribution in [3.05, 3.63) is 20.3 Å². The van der Waals surface area contributed by atoms with Gasteiger partial charge in [-0.15, -0.1) is 11.3 Å². The molecule has 1 aliphatic carbocycles. The molecule has 2 aliphatic rings. The lowest BCUT2D eigenvalue weighted by atomic mass is 9.89. The molecule has 1 aromatic rings. The van der Waals surface area contributed by atoms with E-state index < -0.39 is 0 Å². The van der Waals surface area contributed by atoms with Crippen LogP contribution in [0.5, 0.6) is 0 Å². The van der Waals surface area contributed by atoms with Gasteiger partial charge in [-0.25, -0.2) is 0 Å². The van der Waals surface area contributed by atoms with Crippen LogP contribution in [0.4, 0.5) is 0 Å². The highest BCUT2D eigenvalue weighted by atomic mass is 79.9. The van der Waals surface area contributed by atoms with E-state index in [9.17, 15) is 4.79 Å². The van der Waals surface area contributed by atoms with Crippen LogP contribution in [0.25, 0.3) is 0 Å². The van der Waals surface area contributed by atoms with Crippen molar-refractivity contribution in [3.63, 3.8) is 0 Å². The fraction of sp³-hybridized carbons (Fsp3) is 0.667. The first-order chi connectivity index (χ1) is 10.0. The Bertz CT molecular complexity index is 510. The molecule has 0 bridgehead atoms. The predicted octanol–water partition coefficient (Wildman–Crippen LogP) is 3.58. The van der Waals surface area contributed by atoms with E-state index in [0.717, 1.165) is 39.9 Å². The Morgan fingerprint density at radius 1 is 1.38 bits per heavy atom. The third-order valence-electron chi connectivity index (χ3n) is 4.47. The summed E-state index contributed by atoms with van der Waals surface area (Å²) in [5.74, 6) is -0.244. The molecule has 1 amide bonds. The molecule has 2 heterocycles. The Morgan fingerprint density at radius 3 is 2.52 bits per heavy atom. The van der Waals surface area contributed by atoms with Crippen LogP contribution in [0.2, 0.25) is 0 Å². The molecule has 1 saturated heterocycles. The van der Waals surface area contributed by atoms with Crippen LogP contribution in [0, 0.1) is 6.92 Å². The van der Waals surface area contributed by atoms with Gasteiger partial charge in [0.2, 0.25) is 0 Å². The summed E-state index contributed by atoms with van der Waals surface area (Å²) in [4.78, 5) is 15.3. The van der Waals surface area contributed by atoms with Crippen LogP contribution in [0.15, 0.2) is 9.85 Å². The van der Waals surface area contributed by atoms with Gasteiger partial charge in [-0.3, -0.25) is 4.79 Å². The van der Waals surface area contributed by atoms with E-state index in [1.165, 1.54) is 11.3 Å². The molecule has 0 atom stereocenters. The molecule has 0 unspecified atom stereocenters. The van der Waals surface area contributed by atoms with Gasteiger partial charge in [0.05, 0.1) is 21.9 Å². The minimum Gasteiger partial charge on any atom is -0.348 e. The SMILES string of the molecule is Cc1cc(C(=O)N(C)C2CCC3(CC2)OCCO3)sc1Br. The van der Waals surface area contributed by atoms with Crippen molar-refractivity contribution in [2.75, 3.05) is 20.3 Å². The van der Waals surface area contributed by atoms with Crippen LogP contribution in [-0.2, 0) is 9.47 Å². The molecular weight excluding hydrogens is 354 g/mol. The Hall–Kier alpha value is -0.430. The van der Waals surface area contributed by atoms with E-state index >= 15 is 0 Å². The summed E-state index contributed by atoms with van der Waals surface area (Å²) in [6.07, 6.45) is 3.63. The molecule has 6 heteroatoms. The summed E-state index contributed by atoms with van der Waals surface area (Å²) in [5, 5.41) is 0. The van der Waals surface area contributed by atoms with Gasteiger partial charge in [0, 0.05) is 25.9 Å². The Kier molecular flexibility index (Phi) is 4.41. The molecule has 1 aliphatic heterocycles. The number of carbonyl (C=O) groups excluding carboxylic acids is 1. The third kappa shape index (κ3) is 3.04. The largest absolute Gasteiger partial charge is 0.348 e. The molecule has 1 saturated carbocycles. The van der Waals surface area contributed by atoms with E-state index in [1.54, 1.807) is 0 Å². The number of ether oxygens (including phenoxy) is 2. The van der Waals surface area contributed by atoms with Crippen molar-refractivity contribution in [2.24, 2.45) is 0 Å². The highest BCUT2D eigenvalue weighted by Crippen LogP contribution is 2.37. The third-order valence-corrected chi connectivity index (χ3v) is 6.59. The highest BCUT2D eigenvalue weighted by molar-refractivity contribution is 9.11. The summed E-state index contributed by atoms with van der Waals surface area (Å²) < 4.78 is 12.5. The van der Waals surface area contributed by atoms with Crippen molar-refractivity contribution in [1.82, 2.24) is 4.90 Å². The maximum atomic E-state index is 12.6. The number of carbonyl (C=O) groups is 1. The molecule has 4 nitrogen and oxygen atoms in total. The van der Waals surface area contributed by atoms with E-state index in [-0.39, 0.29) is 17.7 Å². The number of hydrogen-bond acceptors (Lipinski definition) is 4. The smallest absolute Gasteiger partial charge is 0.263 e. The number of thiophene rings is 1. The maximum Gasteiger partial charge on any atom is 0.263 e. The minimum atomic E-state index is -0.358. The van der Waals surface area contributed by atoms with Crippen molar-refractivity contribution < 1.29 is 14.3 Å². The second-order valence-corrected chi connectivity index (χ2v) is 8.19. The maximum absolute atomic E-state index is 12.6. The van der Waals surface area contributed by atoms with Gasteiger partial charge in [-0.1, -0.05) is 0 Å². The molecule has 3 rings (SSSR count). The quantitative estimate of drug-likeness (QED) is 0.795. The van der Waals surface area contributed by atoms with Gasteiger partial charge in [0.15, 0.2) is 5.79 Å². The Morgan fingerprint density at radius 2 is 2.00 bits per heavy atom. The first-order valence-electron chi connectivity index (χ1n) is 7.32. The van der Waals surface area contributed by atoms with Crippen molar-refractivity contribution in [2.45, 2.75) is 44.4 Å². The predicted molar refractivity (Wildman–Crippen MR) is 85.7 cm³/mol. The molecule has 116 valence electrons. The topological polar surface area (TPSA) is 38.8 Å². The van der Waals surface area contributed by atoms with Crippen LogP contribution in [-0.4, -0.2) is 42.9 Å². The van der Waals surface area contributed by atoms with Gasteiger partial charge in [0.1, 0.15) is 0 Å². The molecule has 0 N–H and O–H groups in total. The molecule has 1 spiro atoms. The first-order valence-corrected chi connectivity index (χ1v) is 8.93. The van der Waals surface area contributed by atoms with Crippen molar-refractivity contribution in [1.29, 1.82) is 0 Å². The lowest BCUT2D eigenvalue weighted by Gasteiger charge is -2.38. The van der Waals surface area contributed by atoms with Gasteiger partial charge in [0.25, 0.3) is 5.91 Å². The number of hydrogen-bond donors (Lipinski definition) is 0. The summed E-state index contributed by atoms with van der Waals surface area (Å²) in [7, 11) is 1.91. The summed E-state index contributed by atoms with van der Waals surface area (Å²) >= 11 is 4.99. The molecule has 0 radical (unpaired) electrons. The monoisotopic (exact) mass is 373 g/mol. The number of nitrogens with zero attached hydrogens (tertiary/aromatic N) is 1.